The summed E-state index contributed by atoms with van der Waals surface area (Å²) in [5, 5.41) is 5.43. The second kappa shape index (κ2) is 11.7. The number of aryl methyl sites for hydroxylation is 1. The van der Waals surface area contributed by atoms with Crippen LogP contribution in [0.2, 0.25) is 4.34 Å². The van der Waals surface area contributed by atoms with Crippen LogP contribution in [0.3, 0.4) is 0 Å². The van der Waals surface area contributed by atoms with Gasteiger partial charge in [0.1, 0.15) is 11.8 Å². The number of rotatable bonds is 5. The standard InChI is InChI=1S/C17H17ClN2O3S.C5H11NS/c1-10-8-12(5-4-11(10)9-21)19-16(23)17(2,3)20-15(22)13-6-7-14(18)24-13;1-6-2-4-7-5-3-6/h4-9H,1-3H3,(H,19,23)(H,20,22);2-5H2,1H3. The molecule has 168 valence electrons. The van der Waals surface area contributed by atoms with E-state index in [1.807, 2.05) is 0 Å². The Morgan fingerprint density at radius 1 is 1.16 bits per heavy atom. The molecule has 0 saturated carbocycles. The summed E-state index contributed by atoms with van der Waals surface area (Å²) < 4.78 is 0.508. The molecule has 1 aliphatic rings. The van der Waals surface area contributed by atoms with Gasteiger partial charge in [0.2, 0.25) is 5.91 Å². The lowest BCUT2D eigenvalue weighted by Crippen LogP contribution is -2.52. The van der Waals surface area contributed by atoms with Crippen molar-refractivity contribution >= 4 is 58.5 Å². The van der Waals surface area contributed by atoms with E-state index in [0.717, 1.165) is 23.2 Å². The highest BCUT2D eigenvalue weighted by atomic mass is 35.5. The predicted octanol–water partition coefficient (Wildman–Crippen LogP) is 4.33. The van der Waals surface area contributed by atoms with Crippen LogP contribution in [0.4, 0.5) is 5.69 Å². The van der Waals surface area contributed by atoms with Crippen LogP contribution < -0.4 is 10.6 Å². The first kappa shape index (κ1) is 25.4. The third-order valence-corrected chi connectivity index (χ3v) is 6.85. The van der Waals surface area contributed by atoms with Crippen LogP contribution in [-0.4, -0.2) is 60.2 Å². The van der Waals surface area contributed by atoms with Crippen molar-refractivity contribution in [3.63, 3.8) is 0 Å². The smallest absolute Gasteiger partial charge is 0.262 e. The number of amides is 2. The molecule has 1 saturated heterocycles. The summed E-state index contributed by atoms with van der Waals surface area (Å²) in [4.78, 5) is 38.3. The topological polar surface area (TPSA) is 78.5 Å². The Kier molecular flexibility index (Phi) is 9.55. The van der Waals surface area contributed by atoms with E-state index in [1.54, 1.807) is 51.1 Å². The first-order chi connectivity index (χ1) is 14.6. The van der Waals surface area contributed by atoms with Crippen molar-refractivity contribution in [3.8, 4) is 0 Å². The van der Waals surface area contributed by atoms with Crippen LogP contribution in [0, 0.1) is 6.92 Å². The molecule has 2 aromatic rings. The molecule has 3 rings (SSSR count). The van der Waals surface area contributed by atoms with E-state index < -0.39 is 5.54 Å². The van der Waals surface area contributed by atoms with E-state index in [4.69, 9.17) is 11.6 Å². The molecule has 1 aromatic heterocycles. The molecule has 2 amide bonds. The van der Waals surface area contributed by atoms with Crippen LogP contribution in [0.1, 0.15) is 39.4 Å². The summed E-state index contributed by atoms with van der Waals surface area (Å²) in [6, 6.07) is 8.23. The van der Waals surface area contributed by atoms with Crippen molar-refractivity contribution in [2.24, 2.45) is 0 Å². The van der Waals surface area contributed by atoms with Crippen LogP contribution in [0.5, 0.6) is 0 Å². The molecule has 1 fully saturated rings. The normalized spacial score (nSPS) is 14.2. The molecule has 0 radical (unpaired) electrons. The number of carbonyl (C=O) groups is 3. The van der Waals surface area contributed by atoms with Gasteiger partial charge in [-0.3, -0.25) is 14.4 Å². The van der Waals surface area contributed by atoms with Gasteiger partial charge in [-0.15, -0.1) is 11.3 Å². The van der Waals surface area contributed by atoms with Gasteiger partial charge in [-0.05, 0) is 63.7 Å². The lowest BCUT2D eigenvalue weighted by Gasteiger charge is -2.25. The molecule has 1 aliphatic heterocycles. The number of carbonyl (C=O) groups excluding carboxylic acids is 3. The van der Waals surface area contributed by atoms with Crippen molar-refractivity contribution in [3.05, 3.63) is 50.7 Å². The third kappa shape index (κ3) is 7.96. The highest BCUT2D eigenvalue weighted by Crippen LogP contribution is 2.22. The molecule has 0 atom stereocenters. The Morgan fingerprint density at radius 3 is 2.32 bits per heavy atom. The van der Waals surface area contributed by atoms with E-state index in [0.29, 0.717) is 20.5 Å². The Labute approximate surface area is 196 Å². The zero-order chi connectivity index (χ0) is 23.0. The molecule has 0 spiro atoms. The number of aldehydes is 1. The number of hydrogen-bond donors (Lipinski definition) is 2. The summed E-state index contributed by atoms with van der Waals surface area (Å²) in [6.07, 6.45) is 0.761. The quantitative estimate of drug-likeness (QED) is 0.621. The molecule has 0 unspecified atom stereocenters. The van der Waals surface area contributed by atoms with E-state index in [1.165, 1.54) is 24.6 Å². The maximum absolute atomic E-state index is 12.5. The van der Waals surface area contributed by atoms with Crippen molar-refractivity contribution < 1.29 is 14.4 Å². The molecule has 31 heavy (non-hydrogen) atoms. The summed E-state index contributed by atoms with van der Waals surface area (Å²) >= 11 is 9.02. The summed E-state index contributed by atoms with van der Waals surface area (Å²) in [7, 11) is 2.18. The van der Waals surface area contributed by atoms with Crippen molar-refractivity contribution in [1.82, 2.24) is 10.2 Å². The maximum Gasteiger partial charge on any atom is 0.262 e. The van der Waals surface area contributed by atoms with E-state index in [2.05, 4.69) is 34.3 Å². The van der Waals surface area contributed by atoms with Gasteiger partial charge in [-0.1, -0.05) is 11.6 Å². The highest BCUT2D eigenvalue weighted by molar-refractivity contribution is 7.99. The molecule has 1 aromatic carbocycles. The number of hydrogen-bond acceptors (Lipinski definition) is 6. The number of nitrogens with zero attached hydrogens (tertiary/aromatic N) is 1. The van der Waals surface area contributed by atoms with Gasteiger partial charge in [0.15, 0.2) is 0 Å². The van der Waals surface area contributed by atoms with Crippen LogP contribution in [0.15, 0.2) is 30.3 Å². The molecule has 0 aliphatic carbocycles. The van der Waals surface area contributed by atoms with Gasteiger partial charge in [0.05, 0.1) is 9.21 Å². The minimum Gasteiger partial charge on any atom is -0.337 e. The van der Waals surface area contributed by atoms with Crippen molar-refractivity contribution in [2.45, 2.75) is 26.3 Å². The summed E-state index contributed by atoms with van der Waals surface area (Å²) in [5.74, 6) is 1.93. The second-order valence-electron chi connectivity index (χ2n) is 7.74. The van der Waals surface area contributed by atoms with Crippen molar-refractivity contribution in [1.29, 1.82) is 0 Å². The Balaban J connectivity index is 0.000000412. The van der Waals surface area contributed by atoms with E-state index in [-0.39, 0.29) is 11.8 Å². The fraction of sp³-hybridized carbons (Fsp3) is 0.409. The average molecular weight is 482 g/mol. The number of nitrogens with one attached hydrogen (secondary N) is 2. The number of thiophene rings is 1. The SMILES string of the molecule is CN1CCSCC1.Cc1cc(NC(=O)C(C)(C)NC(=O)c2ccc(Cl)s2)ccc1C=O. The first-order valence-electron chi connectivity index (χ1n) is 9.84. The van der Waals surface area contributed by atoms with Crippen LogP contribution in [-0.2, 0) is 4.79 Å². The van der Waals surface area contributed by atoms with Crippen LogP contribution >= 0.6 is 34.7 Å². The Morgan fingerprint density at radius 2 is 1.84 bits per heavy atom. The molecule has 0 bridgehead atoms. The maximum atomic E-state index is 12.5. The van der Waals surface area contributed by atoms with Crippen LogP contribution in [0.25, 0.3) is 0 Å². The predicted molar refractivity (Wildman–Crippen MR) is 131 cm³/mol. The average Bonchev–Trinajstić information content (AvgIpc) is 3.15. The Hall–Kier alpha value is -1.87. The van der Waals surface area contributed by atoms with Gasteiger partial charge in [-0.2, -0.15) is 11.8 Å². The minimum atomic E-state index is -1.12. The van der Waals surface area contributed by atoms with Gasteiger partial charge < -0.3 is 15.5 Å². The summed E-state index contributed by atoms with van der Waals surface area (Å²) in [5.41, 5.74) is 0.766. The van der Waals surface area contributed by atoms with E-state index in [9.17, 15) is 14.4 Å². The van der Waals surface area contributed by atoms with Gasteiger partial charge in [0, 0.05) is 35.8 Å². The van der Waals surface area contributed by atoms with Gasteiger partial charge >= 0.3 is 0 Å². The molecule has 2 N–H and O–H groups in total. The largest absolute Gasteiger partial charge is 0.337 e. The number of benzene rings is 1. The monoisotopic (exact) mass is 481 g/mol. The molecular formula is C22H28ClN3O3S2. The molecular weight excluding hydrogens is 454 g/mol. The van der Waals surface area contributed by atoms with Crippen molar-refractivity contribution in [2.75, 3.05) is 37.0 Å². The fourth-order valence-corrected chi connectivity index (χ4v) is 4.69. The van der Waals surface area contributed by atoms with E-state index >= 15 is 0 Å². The first-order valence-corrected chi connectivity index (χ1v) is 12.2. The minimum absolute atomic E-state index is 0.362. The number of anilines is 1. The zero-order valence-corrected chi connectivity index (χ0v) is 20.5. The second-order valence-corrected chi connectivity index (χ2v) is 10.7. The highest BCUT2D eigenvalue weighted by Gasteiger charge is 2.30. The third-order valence-electron chi connectivity index (χ3n) is 4.68. The molecule has 6 nitrogen and oxygen atoms in total. The number of thioether (sulfide) groups is 1. The molecule has 2 heterocycles. The lowest BCUT2D eigenvalue weighted by molar-refractivity contribution is -0.120. The van der Waals surface area contributed by atoms with Gasteiger partial charge in [-0.25, -0.2) is 0 Å². The number of halogens is 1. The van der Waals surface area contributed by atoms with Gasteiger partial charge in [0.25, 0.3) is 5.91 Å². The summed E-state index contributed by atoms with van der Waals surface area (Å²) in [6.45, 7) is 7.58. The molecule has 9 heteroatoms. The fourth-order valence-electron chi connectivity index (χ4n) is 2.67. The zero-order valence-electron chi connectivity index (χ0n) is 18.2. The Bertz CT molecular complexity index is 924. The lowest BCUT2D eigenvalue weighted by atomic mass is 10.0.